The van der Waals surface area contributed by atoms with Crippen molar-refractivity contribution in [2.75, 3.05) is 11.5 Å². The maximum atomic E-state index is 12.0. The summed E-state index contributed by atoms with van der Waals surface area (Å²) >= 11 is 1.71. The van der Waals surface area contributed by atoms with Crippen molar-refractivity contribution in [3.8, 4) is 0 Å². The Morgan fingerprint density at radius 2 is 2.12 bits per heavy atom. The van der Waals surface area contributed by atoms with Crippen molar-refractivity contribution in [1.29, 1.82) is 0 Å². The Kier molecular flexibility index (Phi) is 4.05. The first-order valence-corrected chi connectivity index (χ1v) is 7.18. The topological polar surface area (TPSA) is 17.1 Å². The van der Waals surface area contributed by atoms with Crippen molar-refractivity contribution in [2.45, 2.75) is 32.1 Å². The van der Waals surface area contributed by atoms with Crippen LogP contribution in [0.2, 0.25) is 0 Å². The predicted molar refractivity (Wildman–Crippen MR) is 70.4 cm³/mol. The molecule has 0 atom stereocenters. The minimum Gasteiger partial charge on any atom is -0.293 e. The van der Waals surface area contributed by atoms with E-state index in [1.54, 1.807) is 11.8 Å². The number of benzene rings is 1. The summed E-state index contributed by atoms with van der Waals surface area (Å²) in [6, 6.07) is 8.16. The average molecular weight is 234 g/mol. The molecule has 1 aliphatic rings. The SMILES string of the molecule is CCSCC(=O)c1ccccc1C1CCC1. The van der Waals surface area contributed by atoms with Crippen molar-refractivity contribution >= 4 is 17.5 Å². The van der Waals surface area contributed by atoms with Crippen LogP contribution in [0, 0.1) is 0 Å². The fraction of sp³-hybridized carbons (Fsp3) is 0.500. The second kappa shape index (κ2) is 5.53. The molecule has 0 N–H and O–H groups in total. The van der Waals surface area contributed by atoms with Gasteiger partial charge in [0, 0.05) is 5.56 Å². The molecule has 0 spiro atoms. The van der Waals surface area contributed by atoms with Crippen LogP contribution in [0.4, 0.5) is 0 Å². The van der Waals surface area contributed by atoms with Crippen LogP contribution in [0.1, 0.15) is 48.0 Å². The van der Waals surface area contributed by atoms with Crippen LogP contribution in [0.15, 0.2) is 24.3 Å². The average Bonchev–Trinajstić information content (AvgIpc) is 2.24. The third-order valence-electron chi connectivity index (χ3n) is 3.24. The highest BCUT2D eigenvalue weighted by atomic mass is 32.2. The van der Waals surface area contributed by atoms with Crippen molar-refractivity contribution in [3.63, 3.8) is 0 Å². The van der Waals surface area contributed by atoms with Gasteiger partial charge in [0.25, 0.3) is 0 Å². The fourth-order valence-electron chi connectivity index (χ4n) is 2.10. The van der Waals surface area contributed by atoms with Crippen LogP contribution in [-0.2, 0) is 0 Å². The summed E-state index contributed by atoms with van der Waals surface area (Å²) in [5, 5.41) is 0. The Labute approximate surface area is 102 Å². The van der Waals surface area contributed by atoms with Crippen LogP contribution < -0.4 is 0 Å². The van der Waals surface area contributed by atoms with Gasteiger partial charge in [0.2, 0.25) is 0 Å². The molecule has 0 radical (unpaired) electrons. The molecule has 1 saturated carbocycles. The first kappa shape index (κ1) is 11.7. The Morgan fingerprint density at radius 3 is 2.75 bits per heavy atom. The Bertz CT molecular complexity index is 369. The van der Waals surface area contributed by atoms with E-state index in [9.17, 15) is 4.79 Å². The molecule has 2 rings (SSSR count). The summed E-state index contributed by atoms with van der Waals surface area (Å²) in [6.07, 6.45) is 3.83. The van der Waals surface area contributed by atoms with E-state index in [1.165, 1.54) is 24.8 Å². The van der Waals surface area contributed by atoms with Gasteiger partial charge in [-0.15, -0.1) is 0 Å². The lowest BCUT2D eigenvalue weighted by atomic mass is 9.78. The largest absolute Gasteiger partial charge is 0.293 e. The molecule has 1 aliphatic carbocycles. The molecule has 1 nitrogen and oxygen atoms in total. The molecule has 0 amide bonds. The first-order valence-electron chi connectivity index (χ1n) is 6.02. The van der Waals surface area contributed by atoms with Crippen LogP contribution in [-0.4, -0.2) is 17.3 Å². The zero-order valence-electron chi connectivity index (χ0n) is 9.74. The lowest BCUT2D eigenvalue weighted by molar-refractivity contribution is 0.102. The van der Waals surface area contributed by atoms with E-state index in [-0.39, 0.29) is 0 Å². The van der Waals surface area contributed by atoms with E-state index in [0.29, 0.717) is 17.5 Å². The molecule has 2 heteroatoms. The third-order valence-corrected chi connectivity index (χ3v) is 4.12. The number of Topliss-reactive ketones (excluding diaryl/α,β-unsaturated/α-hetero) is 1. The predicted octanol–water partition coefficient (Wildman–Crippen LogP) is 3.89. The normalized spacial score (nSPS) is 15.8. The van der Waals surface area contributed by atoms with Crippen LogP contribution in [0.3, 0.4) is 0 Å². The zero-order valence-corrected chi connectivity index (χ0v) is 10.6. The minimum absolute atomic E-state index is 0.300. The highest BCUT2D eigenvalue weighted by Crippen LogP contribution is 2.38. The molecular weight excluding hydrogens is 216 g/mol. The molecule has 1 fully saturated rings. The zero-order chi connectivity index (χ0) is 11.4. The van der Waals surface area contributed by atoms with E-state index in [0.717, 1.165) is 11.3 Å². The van der Waals surface area contributed by atoms with Gasteiger partial charge < -0.3 is 0 Å². The molecule has 0 heterocycles. The van der Waals surface area contributed by atoms with Crippen molar-refractivity contribution in [3.05, 3.63) is 35.4 Å². The monoisotopic (exact) mass is 234 g/mol. The van der Waals surface area contributed by atoms with Gasteiger partial charge in [-0.1, -0.05) is 37.6 Å². The summed E-state index contributed by atoms with van der Waals surface area (Å²) in [5.74, 6) is 2.58. The molecule has 0 aromatic heterocycles. The molecule has 1 aromatic rings. The molecule has 0 aliphatic heterocycles. The Hall–Kier alpha value is -0.760. The van der Waals surface area contributed by atoms with Crippen molar-refractivity contribution in [1.82, 2.24) is 0 Å². The van der Waals surface area contributed by atoms with Gasteiger partial charge in [-0.2, -0.15) is 11.8 Å². The lowest BCUT2D eigenvalue weighted by Gasteiger charge is -2.27. The smallest absolute Gasteiger partial charge is 0.173 e. The summed E-state index contributed by atoms with van der Waals surface area (Å²) in [7, 11) is 0. The lowest BCUT2D eigenvalue weighted by Crippen LogP contribution is -2.14. The fourth-order valence-corrected chi connectivity index (χ4v) is 2.64. The number of ketones is 1. The van der Waals surface area contributed by atoms with E-state index in [2.05, 4.69) is 19.1 Å². The number of thioether (sulfide) groups is 1. The summed E-state index contributed by atoms with van der Waals surface area (Å²) < 4.78 is 0. The molecule has 0 unspecified atom stereocenters. The van der Waals surface area contributed by atoms with Crippen molar-refractivity contribution in [2.24, 2.45) is 0 Å². The van der Waals surface area contributed by atoms with Crippen LogP contribution >= 0.6 is 11.8 Å². The Morgan fingerprint density at radius 1 is 1.38 bits per heavy atom. The second-order valence-electron chi connectivity index (χ2n) is 4.28. The first-order chi connectivity index (χ1) is 7.83. The van der Waals surface area contributed by atoms with E-state index in [1.807, 2.05) is 12.1 Å². The van der Waals surface area contributed by atoms with Gasteiger partial charge in [0.05, 0.1) is 5.75 Å². The molecule has 86 valence electrons. The van der Waals surface area contributed by atoms with E-state index in [4.69, 9.17) is 0 Å². The van der Waals surface area contributed by atoms with Gasteiger partial charge in [0.1, 0.15) is 0 Å². The van der Waals surface area contributed by atoms with Gasteiger partial charge in [-0.05, 0) is 30.1 Å². The van der Waals surface area contributed by atoms with Crippen LogP contribution in [0.5, 0.6) is 0 Å². The summed E-state index contributed by atoms with van der Waals surface area (Å²) in [6.45, 7) is 2.09. The van der Waals surface area contributed by atoms with E-state index >= 15 is 0 Å². The number of hydrogen-bond acceptors (Lipinski definition) is 2. The van der Waals surface area contributed by atoms with Gasteiger partial charge in [-0.3, -0.25) is 4.79 Å². The molecule has 0 saturated heterocycles. The quantitative estimate of drug-likeness (QED) is 0.719. The maximum Gasteiger partial charge on any atom is 0.173 e. The van der Waals surface area contributed by atoms with Gasteiger partial charge in [-0.25, -0.2) is 0 Å². The Balaban J connectivity index is 2.15. The van der Waals surface area contributed by atoms with E-state index < -0.39 is 0 Å². The number of rotatable bonds is 5. The number of hydrogen-bond donors (Lipinski definition) is 0. The molecule has 16 heavy (non-hydrogen) atoms. The summed E-state index contributed by atoms with van der Waals surface area (Å²) in [5.41, 5.74) is 2.25. The standard InChI is InChI=1S/C14H18OS/c1-2-16-10-14(15)13-9-4-3-8-12(13)11-6-5-7-11/h3-4,8-9,11H,2,5-7,10H2,1H3. The minimum atomic E-state index is 0.300. The third kappa shape index (κ3) is 2.49. The van der Waals surface area contributed by atoms with Gasteiger partial charge in [0.15, 0.2) is 5.78 Å². The van der Waals surface area contributed by atoms with Gasteiger partial charge >= 0.3 is 0 Å². The highest BCUT2D eigenvalue weighted by Gasteiger charge is 2.23. The molecule has 1 aromatic carbocycles. The maximum absolute atomic E-state index is 12.0. The molecular formula is C14H18OS. The highest BCUT2D eigenvalue weighted by molar-refractivity contribution is 7.99. The van der Waals surface area contributed by atoms with Crippen molar-refractivity contribution < 1.29 is 4.79 Å². The molecule has 0 bridgehead atoms. The number of carbonyl (C=O) groups is 1. The second-order valence-corrected chi connectivity index (χ2v) is 5.55. The van der Waals surface area contributed by atoms with Crippen LogP contribution in [0.25, 0.3) is 0 Å². The number of carbonyl (C=O) groups excluding carboxylic acids is 1. The summed E-state index contributed by atoms with van der Waals surface area (Å²) in [4.78, 5) is 12.0.